The number of aryl methyl sites for hydroxylation is 1. The zero-order chi connectivity index (χ0) is 7.72. The van der Waals surface area contributed by atoms with Crippen molar-refractivity contribution in [2.45, 2.75) is 6.92 Å². The summed E-state index contributed by atoms with van der Waals surface area (Å²) in [4.78, 5) is 0. The standard InChI is InChI=1S/C7H4Cl3/c1-4-2-3-5(8)7(10)6(4)9/h3H,1H3. The minimum absolute atomic E-state index is 0.402. The largest absolute Gasteiger partial charge is 0.0826 e. The number of hydrogen-bond donors (Lipinski definition) is 0. The molecule has 0 heterocycles. The molecular formula is C7H4Cl3. The van der Waals surface area contributed by atoms with Crippen LogP contribution in [0.15, 0.2) is 6.07 Å². The van der Waals surface area contributed by atoms with E-state index in [1.807, 2.05) is 6.92 Å². The van der Waals surface area contributed by atoms with E-state index in [2.05, 4.69) is 6.07 Å². The van der Waals surface area contributed by atoms with E-state index >= 15 is 0 Å². The van der Waals surface area contributed by atoms with E-state index in [1.54, 1.807) is 6.07 Å². The van der Waals surface area contributed by atoms with Crippen LogP contribution in [0.2, 0.25) is 15.1 Å². The van der Waals surface area contributed by atoms with Crippen LogP contribution in [-0.2, 0) is 0 Å². The second-order valence-corrected chi connectivity index (χ2v) is 3.05. The minimum Gasteiger partial charge on any atom is -0.0826 e. The van der Waals surface area contributed by atoms with Crippen LogP contribution in [0, 0.1) is 13.0 Å². The van der Waals surface area contributed by atoms with Crippen LogP contribution in [0.25, 0.3) is 0 Å². The summed E-state index contributed by atoms with van der Waals surface area (Å²) in [5, 5.41) is 1.33. The predicted molar refractivity (Wildman–Crippen MR) is 45.0 cm³/mol. The Morgan fingerprint density at radius 2 is 1.80 bits per heavy atom. The summed E-state index contributed by atoms with van der Waals surface area (Å²) in [6.45, 7) is 1.82. The maximum Gasteiger partial charge on any atom is 0.0781 e. The van der Waals surface area contributed by atoms with Crippen molar-refractivity contribution in [3.8, 4) is 0 Å². The van der Waals surface area contributed by atoms with Crippen LogP contribution < -0.4 is 0 Å². The molecule has 0 nitrogen and oxygen atoms in total. The Hall–Kier alpha value is 0.0900. The van der Waals surface area contributed by atoms with E-state index in [1.165, 1.54) is 0 Å². The molecule has 53 valence electrons. The molecule has 0 fully saturated rings. The van der Waals surface area contributed by atoms with Gasteiger partial charge in [-0.15, -0.1) is 0 Å². The van der Waals surface area contributed by atoms with Crippen LogP contribution in [0.3, 0.4) is 0 Å². The van der Waals surface area contributed by atoms with Gasteiger partial charge in [-0.3, -0.25) is 0 Å². The van der Waals surface area contributed by atoms with E-state index in [0.717, 1.165) is 5.56 Å². The summed E-state index contributed by atoms with van der Waals surface area (Å²) in [7, 11) is 0. The zero-order valence-electron chi connectivity index (χ0n) is 5.21. The van der Waals surface area contributed by atoms with Gasteiger partial charge in [-0.1, -0.05) is 34.8 Å². The molecule has 0 saturated heterocycles. The fourth-order valence-electron chi connectivity index (χ4n) is 0.568. The SMILES string of the molecule is Cc1[c]cc(Cl)c(Cl)c1Cl. The molecular weight excluding hydrogens is 190 g/mol. The number of hydrogen-bond acceptors (Lipinski definition) is 0. The first-order valence-electron chi connectivity index (χ1n) is 2.64. The summed E-state index contributed by atoms with van der Waals surface area (Å²) >= 11 is 17.1. The summed E-state index contributed by atoms with van der Waals surface area (Å²) < 4.78 is 0. The second kappa shape index (κ2) is 3.00. The van der Waals surface area contributed by atoms with Crippen LogP contribution in [0.4, 0.5) is 0 Å². The summed E-state index contributed by atoms with van der Waals surface area (Å²) in [6.07, 6.45) is 0. The molecule has 0 aromatic heterocycles. The molecule has 0 bridgehead atoms. The van der Waals surface area contributed by atoms with Crippen molar-refractivity contribution < 1.29 is 0 Å². The van der Waals surface area contributed by atoms with E-state index < -0.39 is 0 Å². The number of halogens is 3. The monoisotopic (exact) mass is 193 g/mol. The highest BCUT2D eigenvalue weighted by atomic mass is 35.5. The Balaban J connectivity index is 3.34. The maximum atomic E-state index is 5.74. The fraction of sp³-hybridized carbons (Fsp3) is 0.143. The molecule has 0 aliphatic rings. The Kier molecular flexibility index (Phi) is 2.45. The molecule has 1 aromatic carbocycles. The lowest BCUT2D eigenvalue weighted by Crippen LogP contribution is -1.77. The molecule has 1 radical (unpaired) electrons. The van der Waals surface area contributed by atoms with Crippen molar-refractivity contribution in [3.05, 3.63) is 32.8 Å². The van der Waals surface area contributed by atoms with E-state index in [9.17, 15) is 0 Å². The summed E-state index contributed by atoms with van der Waals surface area (Å²) in [5.41, 5.74) is 0.816. The smallest absolute Gasteiger partial charge is 0.0781 e. The molecule has 0 amide bonds. The van der Waals surface area contributed by atoms with Gasteiger partial charge in [0.05, 0.1) is 15.1 Å². The van der Waals surface area contributed by atoms with Crippen molar-refractivity contribution >= 4 is 34.8 Å². The second-order valence-electron chi connectivity index (χ2n) is 1.89. The molecule has 10 heavy (non-hydrogen) atoms. The van der Waals surface area contributed by atoms with E-state index in [4.69, 9.17) is 34.8 Å². The molecule has 1 rings (SSSR count). The molecule has 3 heteroatoms. The highest BCUT2D eigenvalue weighted by molar-refractivity contribution is 6.48. The van der Waals surface area contributed by atoms with Crippen molar-refractivity contribution in [3.63, 3.8) is 0 Å². The molecule has 0 saturated carbocycles. The number of rotatable bonds is 0. The van der Waals surface area contributed by atoms with Gasteiger partial charge in [0.1, 0.15) is 0 Å². The van der Waals surface area contributed by atoms with Gasteiger partial charge in [0.2, 0.25) is 0 Å². The first-order valence-corrected chi connectivity index (χ1v) is 3.78. The van der Waals surface area contributed by atoms with E-state index in [0.29, 0.717) is 15.1 Å². The lowest BCUT2D eigenvalue weighted by molar-refractivity contribution is 1.46. The molecule has 0 aliphatic heterocycles. The summed E-state index contributed by atoms with van der Waals surface area (Å²) in [5.74, 6) is 0. The first kappa shape index (κ1) is 8.19. The lowest BCUT2D eigenvalue weighted by Gasteiger charge is -1.99. The molecule has 0 atom stereocenters. The number of benzene rings is 1. The first-order chi connectivity index (χ1) is 4.63. The van der Waals surface area contributed by atoms with Crippen molar-refractivity contribution in [1.82, 2.24) is 0 Å². The Morgan fingerprint density at radius 3 is 2.30 bits per heavy atom. The lowest BCUT2D eigenvalue weighted by atomic mass is 10.2. The quantitative estimate of drug-likeness (QED) is 0.552. The van der Waals surface area contributed by atoms with Gasteiger partial charge in [0.25, 0.3) is 0 Å². The van der Waals surface area contributed by atoms with Crippen LogP contribution in [0.1, 0.15) is 5.56 Å². The maximum absolute atomic E-state index is 5.74. The van der Waals surface area contributed by atoms with Gasteiger partial charge >= 0.3 is 0 Å². The minimum atomic E-state index is 0.402. The third-order valence-corrected chi connectivity index (χ3v) is 2.50. The molecule has 0 N–H and O–H groups in total. The third-order valence-electron chi connectivity index (χ3n) is 1.15. The van der Waals surface area contributed by atoms with Crippen molar-refractivity contribution in [1.29, 1.82) is 0 Å². The zero-order valence-corrected chi connectivity index (χ0v) is 7.48. The Bertz CT molecular complexity index is 228. The molecule has 1 aromatic rings. The van der Waals surface area contributed by atoms with Gasteiger partial charge in [0.15, 0.2) is 0 Å². The fourth-order valence-corrected chi connectivity index (χ4v) is 1.12. The Labute approximate surface area is 74.7 Å². The average Bonchev–Trinajstić information content (AvgIpc) is 1.93. The Morgan fingerprint density at radius 1 is 1.20 bits per heavy atom. The topological polar surface area (TPSA) is 0 Å². The normalized spacial score (nSPS) is 10.0. The molecule has 0 spiro atoms. The van der Waals surface area contributed by atoms with Crippen LogP contribution >= 0.6 is 34.8 Å². The van der Waals surface area contributed by atoms with Gasteiger partial charge in [-0.2, -0.15) is 0 Å². The highest BCUT2D eigenvalue weighted by Gasteiger charge is 2.04. The van der Waals surface area contributed by atoms with Crippen molar-refractivity contribution in [2.75, 3.05) is 0 Å². The van der Waals surface area contributed by atoms with Crippen LogP contribution in [0.5, 0.6) is 0 Å². The highest BCUT2D eigenvalue weighted by Crippen LogP contribution is 2.31. The molecule has 0 unspecified atom stereocenters. The third kappa shape index (κ3) is 1.39. The predicted octanol–water partition coefficient (Wildman–Crippen LogP) is 3.76. The van der Waals surface area contributed by atoms with Gasteiger partial charge < -0.3 is 0 Å². The van der Waals surface area contributed by atoms with Crippen LogP contribution in [-0.4, -0.2) is 0 Å². The summed E-state index contributed by atoms with van der Waals surface area (Å²) in [6, 6.07) is 4.46. The van der Waals surface area contributed by atoms with Gasteiger partial charge in [0, 0.05) is 0 Å². The van der Waals surface area contributed by atoms with Gasteiger partial charge in [-0.05, 0) is 24.6 Å². The van der Waals surface area contributed by atoms with Gasteiger partial charge in [-0.25, -0.2) is 0 Å². The average molecular weight is 194 g/mol. The van der Waals surface area contributed by atoms with E-state index in [-0.39, 0.29) is 0 Å². The van der Waals surface area contributed by atoms with Crippen molar-refractivity contribution in [2.24, 2.45) is 0 Å². The molecule has 0 aliphatic carbocycles.